The summed E-state index contributed by atoms with van der Waals surface area (Å²) in [4.78, 5) is 11.0. The molecule has 1 aromatic heterocycles. The second kappa shape index (κ2) is 5.12. The van der Waals surface area contributed by atoms with E-state index in [1.807, 2.05) is 13.0 Å². The van der Waals surface area contributed by atoms with Crippen molar-refractivity contribution in [3.05, 3.63) is 11.8 Å². The maximum atomic E-state index is 5.16. The van der Waals surface area contributed by atoms with E-state index >= 15 is 0 Å². The summed E-state index contributed by atoms with van der Waals surface area (Å²) < 4.78 is 5.16. The van der Waals surface area contributed by atoms with Crippen LogP contribution >= 0.6 is 0 Å². The zero-order valence-electron chi connectivity index (χ0n) is 9.86. The van der Waals surface area contributed by atoms with Crippen LogP contribution in [0.25, 0.3) is 0 Å². The summed E-state index contributed by atoms with van der Waals surface area (Å²) in [6.45, 7) is 5.97. The molecule has 1 aromatic rings. The maximum absolute atomic E-state index is 5.16. The fourth-order valence-electron chi connectivity index (χ4n) is 1.82. The predicted octanol–water partition coefficient (Wildman–Crippen LogP) is 0.593. The molecule has 2 heterocycles. The molecule has 0 unspecified atom stereocenters. The smallest absolute Gasteiger partial charge is 0.228 e. The van der Waals surface area contributed by atoms with E-state index < -0.39 is 0 Å². The Bertz CT molecular complexity index is 348. The molecule has 1 N–H and O–H groups in total. The number of hydrogen-bond donors (Lipinski definition) is 1. The van der Waals surface area contributed by atoms with Crippen molar-refractivity contribution in [2.24, 2.45) is 0 Å². The van der Waals surface area contributed by atoms with Crippen molar-refractivity contribution in [3.8, 4) is 5.88 Å². The highest BCUT2D eigenvalue weighted by Crippen LogP contribution is 2.15. The molecule has 2 rings (SSSR count). The van der Waals surface area contributed by atoms with Crippen LogP contribution in [0.3, 0.4) is 0 Å². The van der Waals surface area contributed by atoms with Crippen molar-refractivity contribution < 1.29 is 4.74 Å². The number of nitrogens with one attached hydrogen (secondary N) is 1. The molecule has 0 amide bonds. The molecular weight excluding hydrogens is 204 g/mol. The van der Waals surface area contributed by atoms with Crippen molar-refractivity contribution in [1.29, 1.82) is 0 Å². The topological polar surface area (TPSA) is 50.3 Å². The average Bonchev–Trinajstić information content (AvgIpc) is 2.56. The van der Waals surface area contributed by atoms with Gasteiger partial charge in [-0.05, 0) is 19.9 Å². The Hall–Kier alpha value is -1.36. The molecule has 1 fully saturated rings. The summed E-state index contributed by atoms with van der Waals surface area (Å²) in [7, 11) is 1.63. The number of methoxy groups -OCH3 is 1. The van der Waals surface area contributed by atoms with E-state index in [9.17, 15) is 0 Å². The van der Waals surface area contributed by atoms with E-state index in [1.54, 1.807) is 7.11 Å². The zero-order chi connectivity index (χ0) is 11.4. The van der Waals surface area contributed by atoms with Crippen LogP contribution in [0.1, 0.15) is 12.1 Å². The molecule has 0 aromatic carbocycles. The van der Waals surface area contributed by atoms with Crippen molar-refractivity contribution in [3.63, 3.8) is 0 Å². The van der Waals surface area contributed by atoms with Gasteiger partial charge in [0.1, 0.15) is 0 Å². The molecule has 88 valence electrons. The van der Waals surface area contributed by atoms with E-state index in [2.05, 4.69) is 20.2 Å². The second-order valence-electron chi connectivity index (χ2n) is 3.94. The van der Waals surface area contributed by atoms with E-state index in [0.717, 1.165) is 44.2 Å². The monoisotopic (exact) mass is 222 g/mol. The van der Waals surface area contributed by atoms with E-state index in [-0.39, 0.29) is 0 Å². The van der Waals surface area contributed by atoms with Crippen LogP contribution in [-0.2, 0) is 0 Å². The third-order valence-electron chi connectivity index (χ3n) is 2.65. The number of aromatic nitrogens is 2. The minimum atomic E-state index is 0.639. The summed E-state index contributed by atoms with van der Waals surface area (Å²) in [6.07, 6.45) is 1.12. The van der Waals surface area contributed by atoms with Gasteiger partial charge in [-0.2, -0.15) is 4.98 Å². The molecule has 0 bridgehead atoms. The lowest BCUT2D eigenvalue weighted by Gasteiger charge is -2.20. The lowest BCUT2D eigenvalue weighted by Crippen LogP contribution is -2.29. The average molecular weight is 222 g/mol. The highest BCUT2D eigenvalue weighted by molar-refractivity contribution is 5.34. The zero-order valence-corrected chi connectivity index (χ0v) is 9.86. The lowest BCUT2D eigenvalue weighted by atomic mass is 10.4. The molecule has 5 nitrogen and oxygen atoms in total. The van der Waals surface area contributed by atoms with Gasteiger partial charge < -0.3 is 15.0 Å². The first-order chi connectivity index (χ1) is 7.79. The molecule has 1 aliphatic heterocycles. The van der Waals surface area contributed by atoms with Gasteiger partial charge in [-0.25, -0.2) is 4.98 Å². The molecule has 0 aliphatic carbocycles. The first-order valence-corrected chi connectivity index (χ1v) is 5.65. The first kappa shape index (κ1) is 11.1. The largest absolute Gasteiger partial charge is 0.481 e. The third kappa shape index (κ3) is 2.61. The van der Waals surface area contributed by atoms with Crippen LogP contribution in [0.5, 0.6) is 5.88 Å². The molecule has 1 saturated heterocycles. The third-order valence-corrected chi connectivity index (χ3v) is 2.65. The van der Waals surface area contributed by atoms with Gasteiger partial charge in [-0.1, -0.05) is 0 Å². The number of nitrogens with zero attached hydrogens (tertiary/aromatic N) is 3. The van der Waals surface area contributed by atoms with Crippen LogP contribution in [-0.4, -0.2) is 43.3 Å². The summed E-state index contributed by atoms with van der Waals surface area (Å²) >= 11 is 0. The normalized spacial score (nSPS) is 17.0. The summed E-state index contributed by atoms with van der Waals surface area (Å²) in [5, 5.41) is 3.36. The number of anilines is 1. The van der Waals surface area contributed by atoms with Gasteiger partial charge in [0.25, 0.3) is 0 Å². The van der Waals surface area contributed by atoms with Crippen LogP contribution in [0.4, 0.5) is 5.95 Å². The maximum Gasteiger partial charge on any atom is 0.228 e. The molecule has 0 atom stereocenters. The van der Waals surface area contributed by atoms with E-state index in [0.29, 0.717) is 5.88 Å². The van der Waals surface area contributed by atoms with Gasteiger partial charge >= 0.3 is 0 Å². The van der Waals surface area contributed by atoms with E-state index in [4.69, 9.17) is 4.74 Å². The molecule has 1 aliphatic rings. The highest BCUT2D eigenvalue weighted by Gasteiger charge is 2.13. The SMILES string of the molecule is COc1cc(C)nc(N2CCCNCC2)n1. The molecule has 0 radical (unpaired) electrons. The standard InChI is InChI=1S/C11H18N4O/c1-9-8-10(16-2)14-11(13-9)15-6-3-4-12-5-7-15/h8,12H,3-7H2,1-2H3. The van der Waals surface area contributed by atoms with Crippen molar-refractivity contribution in [1.82, 2.24) is 15.3 Å². The Morgan fingerprint density at radius 2 is 2.19 bits per heavy atom. The van der Waals surface area contributed by atoms with Crippen LogP contribution in [0.15, 0.2) is 6.07 Å². The fraction of sp³-hybridized carbons (Fsp3) is 0.636. The number of aryl methyl sites for hydroxylation is 1. The number of ether oxygens (including phenoxy) is 1. The summed E-state index contributed by atoms with van der Waals surface area (Å²) in [5.74, 6) is 1.42. The highest BCUT2D eigenvalue weighted by atomic mass is 16.5. The van der Waals surface area contributed by atoms with Crippen LogP contribution < -0.4 is 15.0 Å². The van der Waals surface area contributed by atoms with E-state index in [1.165, 1.54) is 0 Å². The molecule has 5 heteroatoms. The van der Waals surface area contributed by atoms with Gasteiger partial charge in [-0.15, -0.1) is 0 Å². The number of rotatable bonds is 2. The molecular formula is C11H18N4O. The van der Waals surface area contributed by atoms with Gasteiger partial charge in [0.15, 0.2) is 0 Å². The van der Waals surface area contributed by atoms with Gasteiger partial charge in [0.05, 0.1) is 7.11 Å². The lowest BCUT2D eigenvalue weighted by molar-refractivity contribution is 0.396. The quantitative estimate of drug-likeness (QED) is 0.794. The summed E-state index contributed by atoms with van der Waals surface area (Å²) in [6, 6.07) is 1.85. The first-order valence-electron chi connectivity index (χ1n) is 5.65. The van der Waals surface area contributed by atoms with Gasteiger partial charge in [0, 0.05) is 31.4 Å². The number of hydrogen-bond acceptors (Lipinski definition) is 5. The Morgan fingerprint density at radius 3 is 3.00 bits per heavy atom. The van der Waals surface area contributed by atoms with Crippen molar-refractivity contribution >= 4 is 5.95 Å². The summed E-state index contributed by atoms with van der Waals surface area (Å²) in [5.41, 5.74) is 0.944. The molecule has 0 saturated carbocycles. The molecule has 16 heavy (non-hydrogen) atoms. The predicted molar refractivity (Wildman–Crippen MR) is 63.0 cm³/mol. The van der Waals surface area contributed by atoms with Crippen LogP contribution in [0, 0.1) is 6.92 Å². The van der Waals surface area contributed by atoms with Crippen molar-refractivity contribution in [2.45, 2.75) is 13.3 Å². The Labute approximate surface area is 95.8 Å². The Kier molecular flexibility index (Phi) is 3.56. The minimum Gasteiger partial charge on any atom is -0.481 e. The Balaban J connectivity index is 2.20. The fourth-order valence-corrected chi connectivity index (χ4v) is 1.82. The second-order valence-corrected chi connectivity index (χ2v) is 3.94. The Morgan fingerprint density at radius 1 is 1.31 bits per heavy atom. The van der Waals surface area contributed by atoms with Gasteiger partial charge in [0.2, 0.25) is 11.8 Å². The minimum absolute atomic E-state index is 0.639. The van der Waals surface area contributed by atoms with Crippen LogP contribution in [0.2, 0.25) is 0 Å². The van der Waals surface area contributed by atoms with Gasteiger partial charge in [-0.3, -0.25) is 0 Å². The van der Waals surface area contributed by atoms with Crippen molar-refractivity contribution in [2.75, 3.05) is 38.2 Å². The molecule has 0 spiro atoms.